The number of ether oxygens (including phenoxy) is 1. The topological polar surface area (TPSA) is 21.3 Å². The van der Waals surface area contributed by atoms with Crippen molar-refractivity contribution in [3.63, 3.8) is 0 Å². The van der Waals surface area contributed by atoms with Gasteiger partial charge in [0.2, 0.25) is 0 Å². The molecule has 1 unspecified atom stereocenters. The minimum atomic E-state index is -4.12. The average Bonchev–Trinajstić information content (AvgIpc) is 2.74. The third-order valence-corrected chi connectivity index (χ3v) is 3.63. The van der Waals surface area contributed by atoms with Gasteiger partial charge in [0.15, 0.2) is 0 Å². The molecule has 0 aliphatic heterocycles. The number of rotatable bonds is 8. The number of hydrogen-bond donors (Lipinski definition) is 1. The van der Waals surface area contributed by atoms with Crippen LogP contribution in [0.25, 0.3) is 0 Å². The van der Waals surface area contributed by atoms with Crippen LogP contribution >= 0.6 is 22.9 Å². The summed E-state index contributed by atoms with van der Waals surface area (Å²) in [6.45, 7) is 1.02. The van der Waals surface area contributed by atoms with Crippen molar-refractivity contribution in [2.75, 3.05) is 19.8 Å². The first-order valence-corrected chi connectivity index (χ1v) is 6.78. The van der Waals surface area contributed by atoms with Crippen molar-refractivity contribution in [2.45, 2.75) is 25.3 Å². The Morgan fingerprint density at radius 2 is 2.11 bits per heavy atom. The van der Waals surface area contributed by atoms with Gasteiger partial charge in [-0.05, 0) is 18.7 Å². The van der Waals surface area contributed by atoms with Crippen LogP contribution in [0.5, 0.6) is 0 Å². The van der Waals surface area contributed by atoms with E-state index in [1.165, 1.54) is 11.3 Å². The van der Waals surface area contributed by atoms with Gasteiger partial charge in [0.05, 0.1) is 17.0 Å². The third-order valence-electron chi connectivity index (χ3n) is 2.29. The molecular weight excluding hydrogens is 306 g/mol. The lowest BCUT2D eigenvalue weighted by molar-refractivity contribution is -0.167. The molecule has 0 amide bonds. The Balaban J connectivity index is 2.51. The van der Waals surface area contributed by atoms with Crippen molar-refractivity contribution >= 4 is 22.9 Å². The van der Waals surface area contributed by atoms with Crippen LogP contribution in [-0.2, 0) is 4.74 Å². The highest BCUT2D eigenvalue weighted by Gasteiger charge is 2.41. The molecule has 1 N–H and O–H groups in total. The summed E-state index contributed by atoms with van der Waals surface area (Å²) in [5, 5.41) is 3.02. The second kappa shape index (κ2) is 7.42. The summed E-state index contributed by atoms with van der Waals surface area (Å²) in [5.41, 5.74) is 0. The van der Waals surface area contributed by atoms with Crippen LogP contribution in [-0.4, -0.2) is 32.1 Å². The fraction of sp³-hybridized carbons (Fsp3) is 0.636. The zero-order valence-corrected chi connectivity index (χ0v) is 11.7. The van der Waals surface area contributed by atoms with Gasteiger partial charge in [0.25, 0.3) is 0 Å². The molecule has 1 aromatic heterocycles. The number of nitrogens with one attached hydrogen (secondary N) is 1. The molecule has 0 spiro atoms. The van der Waals surface area contributed by atoms with Crippen molar-refractivity contribution in [2.24, 2.45) is 0 Å². The van der Waals surface area contributed by atoms with Gasteiger partial charge in [0, 0.05) is 4.88 Å². The number of hydrogen-bond acceptors (Lipinski definition) is 3. The molecule has 110 valence electrons. The molecule has 0 radical (unpaired) electrons. The second-order valence-electron chi connectivity index (χ2n) is 3.83. The van der Waals surface area contributed by atoms with E-state index in [0.29, 0.717) is 10.9 Å². The summed E-state index contributed by atoms with van der Waals surface area (Å²) < 4.78 is 54.5. The zero-order chi connectivity index (χ0) is 14.5. The molecule has 0 fully saturated rings. The van der Waals surface area contributed by atoms with Gasteiger partial charge < -0.3 is 10.1 Å². The number of halogens is 5. The minimum absolute atomic E-state index is 0.118. The number of alkyl halides is 4. The summed E-state index contributed by atoms with van der Waals surface area (Å²) in [5.74, 6) is -4.12. The van der Waals surface area contributed by atoms with Gasteiger partial charge in [-0.2, -0.15) is 8.78 Å². The Labute approximate surface area is 117 Å². The number of likely N-dealkylation sites (N-methyl/N-ethyl adjacent to an activating group) is 1. The third kappa shape index (κ3) is 5.25. The Hall–Kier alpha value is -0.370. The summed E-state index contributed by atoms with van der Waals surface area (Å²) in [4.78, 5) is 0.812. The first kappa shape index (κ1) is 16.7. The SMILES string of the molecule is CCNC(COCC(F)(F)C(F)F)c1ccc(Cl)s1. The van der Waals surface area contributed by atoms with E-state index >= 15 is 0 Å². The minimum Gasteiger partial charge on any atom is -0.373 e. The van der Waals surface area contributed by atoms with Crippen molar-refractivity contribution in [3.8, 4) is 0 Å². The molecule has 0 saturated heterocycles. The van der Waals surface area contributed by atoms with Crippen LogP contribution in [0.3, 0.4) is 0 Å². The van der Waals surface area contributed by atoms with E-state index in [9.17, 15) is 17.6 Å². The first-order valence-electron chi connectivity index (χ1n) is 5.59. The standard InChI is InChI=1S/C11H14ClF4NOS/c1-2-17-7(8-3-4-9(12)19-8)5-18-6-11(15,16)10(13)14/h3-4,7,10,17H,2,5-6H2,1H3. The summed E-state index contributed by atoms with van der Waals surface area (Å²) >= 11 is 7.07. The van der Waals surface area contributed by atoms with E-state index in [-0.39, 0.29) is 12.6 Å². The van der Waals surface area contributed by atoms with Gasteiger partial charge in [-0.25, -0.2) is 8.78 Å². The normalized spacial score (nSPS) is 14.1. The molecule has 1 atom stereocenters. The van der Waals surface area contributed by atoms with Crippen LogP contribution < -0.4 is 5.32 Å². The van der Waals surface area contributed by atoms with Gasteiger partial charge in [-0.1, -0.05) is 18.5 Å². The van der Waals surface area contributed by atoms with E-state index in [1.54, 1.807) is 12.1 Å². The molecule has 0 bridgehead atoms. The predicted molar refractivity (Wildman–Crippen MR) is 67.5 cm³/mol. The summed E-state index contributed by atoms with van der Waals surface area (Å²) in [6, 6.07) is 3.09. The molecule has 2 nitrogen and oxygen atoms in total. The highest BCUT2D eigenvalue weighted by molar-refractivity contribution is 7.16. The maximum Gasteiger partial charge on any atom is 0.330 e. The highest BCUT2D eigenvalue weighted by Crippen LogP contribution is 2.28. The lowest BCUT2D eigenvalue weighted by Crippen LogP contribution is -2.34. The Kier molecular flexibility index (Phi) is 6.52. The molecule has 0 aliphatic carbocycles. The summed E-state index contributed by atoms with van der Waals surface area (Å²) in [6.07, 6.45) is -3.72. The van der Waals surface area contributed by atoms with Crippen molar-refractivity contribution in [3.05, 3.63) is 21.3 Å². The second-order valence-corrected chi connectivity index (χ2v) is 5.58. The van der Waals surface area contributed by atoms with E-state index in [1.807, 2.05) is 6.92 Å². The molecule has 1 rings (SSSR count). The Morgan fingerprint density at radius 3 is 2.58 bits per heavy atom. The van der Waals surface area contributed by atoms with Crippen LogP contribution in [0, 0.1) is 0 Å². The Bertz CT molecular complexity index is 389. The molecule has 1 heterocycles. The molecule has 8 heteroatoms. The number of thiophene rings is 1. The van der Waals surface area contributed by atoms with Crippen molar-refractivity contribution in [1.29, 1.82) is 0 Å². The lowest BCUT2D eigenvalue weighted by atomic mass is 10.2. The van der Waals surface area contributed by atoms with Crippen molar-refractivity contribution in [1.82, 2.24) is 5.32 Å². The predicted octanol–water partition coefficient (Wildman–Crippen LogP) is 3.97. The fourth-order valence-electron chi connectivity index (χ4n) is 1.38. The van der Waals surface area contributed by atoms with Crippen LogP contribution in [0.15, 0.2) is 12.1 Å². The Morgan fingerprint density at radius 1 is 1.42 bits per heavy atom. The monoisotopic (exact) mass is 319 g/mol. The lowest BCUT2D eigenvalue weighted by Gasteiger charge is -2.19. The molecule has 0 aliphatic rings. The van der Waals surface area contributed by atoms with E-state index in [0.717, 1.165) is 4.88 Å². The van der Waals surface area contributed by atoms with E-state index in [2.05, 4.69) is 5.32 Å². The van der Waals surface area contributed by atoms with Crippen LogP contribution in [0.2, 0.25) is 4.34 Å². The molecule has 1 aromatic rings. The summed E-state index contributed by atoms with van der Waals surface area (Å²) in [7, 11) is 0. The fourth-order valence-corrected chi connectivity index (χ4v) is 2.50. The quantitative estimate of drug-likeness (QED) is 0.732. The largest absolute Gasteiger partial charge is 0.373 e. The maximum atomic E-state index is 12.7. The van der Waals surface area contributed by atoms with Gasteiger partial charge in [-0.15, -0.1) is 11.3 Å². The van der Waals surface area contributed by atoms with Crippen LogP contribution in [0.4, 0.5) is 17.6 Å². The van der Waals surface area contributed by atoms with Gasteiger partial charge in [0.1, 0.15) is 6.61 Å². The molecule has 0 aromatic carbocycles. The molecule has 0 saturated carbocycles. The maximum absolute atomic E-state index is 12.7. The van der Waals surface area contributed by atoms with Crippen molar-refractivity contribution < 1.29 is 22.3 Å². The first-order chi connectivity index (χ1) is 8.86. The van der Waals surface area contributed by atoms with Gasteiger partial charge in [-0.3, -0.25) is 0 Å². The smallest absolute Gasteiger partial charge is 0.330 e. The van der Waals surface area contributed by atoms with Crippen LogP contribution in [0.1, 0.15) is 17.8 Å². The molecule has 19 heavy (non-hydrogen) atoms. The molecular formula is C11H14ClF4NOS. The zero-order valence-electron chi connectivity index (χ0n) is 10.1. The highest BCUT2D eigenvalue weighted by atomic mass is 35.5. The van der Waals surface area contributed by atoms with E-state index in [4.69, 9.17) is 16.3 Å². The van der Waals surface area contributed by atoms with E-state index < -0.39 is 19.0 Å². The average molecular weight is 320 g/mol. The van der Waals surface area contributed by atoms with Gasteiger partial charge >= 0.3 is 12.3 Å².